The fourth-order valence-corrected chi connectivity index (χ4v) is 2.10. The number of carboxylic acids is 1. The molecule has 1 saturated heterocycles. The van der Waals surface area contributed by atoms with Gasteiger partial charge in [0, 0.05) is 0 Å². The number of hydrogen-bond donors (Lipinski definition) is 7. The van der Waals surface area contributed by atoms with Crippen molar-refractivity contribution in [2.24, 2.45) is 0 Å². The third-order valence-electron chi connectivity index (χ3n) is 3.39. The van der Waals surface area contributed by atoms with Crippen molar-refractivity contribution in [3.8, 4) is 17.2 Å². The van der Waals surface area contributed by atoms with Crippen LogP contribution in [0.15, 0.2) is 12.1 Å². The van der Waals surface area contributed by atoms with E-state index >= 15 is 0 Å². The van der Waals surface area contributed by atoms with E-state index in [0.29, 0.717) is 0 Å². The normalized spacial score (nSPS) is 30.9. The summed E-state index contributed by atoms with van der Waals surface area (Å²) in [4.78, 5) is 10.9. The summed E-state index contributed by atoms with van der Waals surface area (Å²) in [7, 11) is 0. The van der Waals surface area contributed by atoms with Gasteiger partial charge in [0.2, 0.25) is 12.0 Å². The van der Waals surface area contributed by atoms with Crippen molar-refractivity contribution in [2.75, 3.05) is 6.61 Å². The molecule has 7 N–H and O–H groups in total. The van der Waals surface area contributed by atoms with E-state index in [1.54, 1.807) is 0 Å². The maximum Gasteiger partial charge on any atom is 0.335 e. The van der Waals surface area contributed by atoms with Crippen molar-refractivity contribution in [2.45, 2.75) is 30.7 Å². The first-order chi connectivity index (χ1) is 10.8. The Morgan fingerprint density at radius 3 is 2.35 bits per heavy atom. The first-order valence-corrected chi connectivity index (χ1v) is 6.52. The van der Waals surface area contributed by atoms with Crippen LogP contribution in [0.3, 0.4) is 0 Å². The van der Waals surface area contributed by atoms with Gasteiger partial charge in [0.1, 0.15) is 24.4 Å². The third kappa shape index (κ3) is 3.30. The van der Waals surface area contributed by atoms with E-state index in [1.165, 1.54) is 0 Å². The second kappa shape index (κ2) is 6.56. The molecule has 0 aromatic heterocycles. The molecule has 2 rings (SSSR count). The summed E-state index contributed by atoms with van der Waals surface area (Å²) in [6.07, 6.45) is -7.91. The van der Waals surface area contributed by atoms with Crippen LogP contribution < -0.4 is 4.74 Å². The Morgan fingerprint density at radius 1 is 1.13 bits per heavy atom. The highest BCUT2D eigenvalue weighted by Crippen LogP contribution is 2.38. The molecular formula is C13H16O10. The van der Waals surface area contributed by atoms with Crippen LogP contribution in [-0.2, 0) is 4.74 Å². The number of benzene rings is 1. The molecule has 1 heterocycles. The lowest BCUT2D eigenvalue weighted by Crippen LogP contribution is -2.60. The van der Waals surface area contributed by atoms with Crippen LogP contribution in [0.25, 0.3) is 0 Å². The van der Waals surface area contributed by atoms with Crippen LogP contribution in [0.2, 0.25) is 0 Å². The zero-order chi connectivity index (χ0) is 17.3. The van der Waals surface area contributed by atoms with Crippen molar-refractivity contribution in [3.05, 3.63) is 17.7 Å². The molecule has 1 fully saturated rings. The van der Waals surface area contributed by atoms with Gasteiger partial charge in [0.05, 0.1) is 12.2 Å². The smallest absolute Gasteiger partial charge is 0.335 e. The molecule has 1 aromatic carbocycles. The minimum Gasteiger partial charge on any atom is -0.504 e. The number of aliphatic hydroxyl groups is 4. The highest BCUT2D eigenvalue weighted by atomic mass is 16.7. The van der Waals surface area contributed by atoms with E-state index in [1.807, 2.05) is 0 Å². The van der Waals surface area contributed by atoms with Gasteiger partial charge in [-0.1, -0.05) is 0 Å². The molecule has 4 unspecified atom stereocenters. The first-order valence-electron chi connectivity index (χ1n) is 6.52. The molecule has 0 amide bonds. The Hall–Kier alpha value is -2.11. The van der Waals surface area contributed by atoms with E-state index < -0.39 is 66.1 Å². The first kappa shape index (κ1) is 17.2. The molecular weight excluding hydrogens is 316 g/mol. The molecule has 0 bridgehead atoms. The SMILES string of the molecule is O=C(O)c1cc(O)c(O)c(OC2OC(CO)C(O)[C@H](O)C2O)c1. The van der Waals surface area contributed by atoms with E-state index in [9.17, 15) is 30.3 Å². The summed E-state index contributed by atoms with van der Waals surface area (Å²) in [6, 6.07) is 1.66. The summed E-state index contributed by atoms with van der Waals surface area (Å²) >= 11 is 0. The lowest BCUT2D eigenvalue weighted by molar-refractivity contribution is -0.277. The van der Waals surface area contributed by atoms with Crippen LogP contribution >= 0.6 is 0 Å². The number of carbonyl (C=O) groups is 1. The Balaban J connectivity index is 2.29. The van der Waals surface area contributed by atoms with E-state index in [0.717, 1.165) is 12.1 Å². The van der Waals surface area contributed by atoms with Gasteiger partial charge in [-0.25, -0.2) is 4.79 Å². The van der Waals surface area contributed by atoms with Crippen molar-refractivity contribution >= 4 is 5.97 Å². The van der Waals surface area contributed by atoms with Gasteiger partial charge in [0.15, 0.2) is 11.5 Å². The molecule has 0 radical (unpaired) electrons. The minimum absolute atomic E-state index is 0.403. The molecule has 128 valence electrons. The van der Waals surface area contributed by atoms with Crippen LogP contribution in [-0.4, -0.2) is 79.0 Å². The average Bonchev–Trinajstić information content (AvgIpc) is 2.51. The molecule has 1 aliphatic rings. The topological polar surface area (TPSA) is 177 Å². The minimum atomic E-state index is -1.75. The maximum absolute atomic E-state index is 10.9. The number of carboxylic acid groups (broad SMARTS) is 1. The Labute approximate surface area is 129 Å². The molecule has 0 spiro atoms. The summed E-state index contributed by atoms with van der Waals surface area (Å²) in [6.45, 7) is -0.683. The highest BCUT2D eigenvalue weighted by molar-refractivity contribution is 5.89. The molecule has 23 heavy (non-hydrogen) atoms. The van der Waals surface area contributed by atoms with Crippen molar-refractivity contribution in [1.82, 2.24) is 0 Å². The lowest BCUT2D eigenvalue weighted by Gasteiger charge is -2.39. The highest BCUT2D eigenvalue weighted by Gasteiger charge is 2.45. The van der Waals surface area contributed by atoms with Crippen molar-refractivity contribution in [1.29, 1.82) is 0 Å². The molecule has 1 aliphatic heterocycles. The number of phenolic OH excluding ortho intramolecular Hbond substituents is 2. The number of aliphatic hydroxyl groups excluding tert-OH is 4. The average molecular weight is 332 g/mol. The van der Waals surface area contributed by atoms with Crippen LogP contribution in [0.5, 0.6) is 17.2 Å². The van der Waals surface area contributed by atoms with E-state index in [2.05, 4.69) is 0 Å². The van der Waals surface area contributed by atoms with Gasteiger partial charge in [0.25, 0.3) is 0 Å². The van der Waals surface area contributed by atoms with Crippen molar-refractivity contribution in [3.63, 3.8) is 0 Å². The summed E-state index contributed by atoms with van der Waals surface area (Å²) in [5, 5.41) is 66.3. The number of aromatic hydroxyl groups is 2. The predicted molar refractivity (Wildman–Crippen MR) is 71.1 cm³/mol. The number of hydrogen-bond acceptors (Lipinski definition) is 9. The van der Waals surface area contributed by atoms with Gasteiger partial charge in [-0.05, 0) is 12.1 Å². The van der Waals surface area contributed by atoms with E-state index in [4.69, 9.17) is 19.7 Å². The number of aromatic carboxylic acids is 1. The second-order valence-electron chi connectivity index (χ2n) is 4.96. The Bertz CT molecular complexity index is 586. The molecule has 5 atom stereocenters. The molecule has 1 aromatic rings. The van der Waals surface area contributed by atoms with Gasteiger partial charge in [-0.3, -0.25) is 0 Å². The van der Waals surface area contributed by atoms with Gasteiger partial charge in [-0.2, -0.15) is 0 Å². The standard InChI is InChI=1S/C13H16O10/c14-3-7-9(17)10(18)11(19)13(23-7)22-6-2-4(12(20)21)1-5(15)8(6)16/h1-2,7,9-11,13-19H,3H2,(H,20,21)/t7?,9?,10-,11?,13?/m0/s1. The fraction of sp³-hybridized carbons (Fsp3) is 0.462. The summed E-state index contributed by atoms with van der Waals surface area (Å²) < 4.78 is 10.2. The summed E-state index contributed by atoms with van der Waals surface area (Å²) in [5.74, 6) is -3.50. The van der Waals surface area contributed by atoms with E-state index in [-0.39, 0.29) is 0 Å². The lowest BCUT2D eigenvalue weighted by atomic mass is 9.99. The Morgan fingerprint density at radius 2 is 1.78 bits per heavy atom. The monoisotopic (exact) mass is 332 g/mol. The molecule has 0 saturated carbocycles. The molecule has 0 aliphatic carbocycles. The second-order valence-corrected chi connectivity index (χ2v) is 4.96. The third-order valence-corrected chi connectivity index (χ3v) is 3.39. The van der Waals surface area contributed by atoms with Gasteiger partial charge < -0.3 is 45.2 Å². The van der Waals surface area contributed by atoms with Gasteiger partial charge >= 0.3 is 5.97 Å². The zero-order valence-electron chi connectivity index (χ0n) is 11.6. The largest absolute Gasteiger partial charge is 0.504 e. The molecule has 10 nitrogen and oxygen atoms in total. The Kier molecular flexibility index (Phi) is 4.92. The number of phenols is 2. The predicted octanol–water partition coefficient (Wildman–Crippen LogP) is -2.03. The van der Waals surface area contributed by atoms with Crippen molar-refractivity contribution < 1.29 is 50.0 Å². The number of rotatable bonds is 4. The molecule has 10 heteroatoms. The van der Waals surface area contributed by atoms with Crippen LogP contribution in [0.1, 0.15) is 10.4 Å². The number of ether oxygens (including phenoxy) is 2. The van der Waals surface area contributed by atoms with Crippen LogP contribution in [0, 0.1) is 0 Å². The maximum atomic E-state index is 10.9. The fourth-order valence-electron chi connectivity index (χ4n) is 2.10. The van der Waals surface area contributed by atoms with Gasteiger partial charge in [-0.15, -0.1) is 0 Å². The van der Waals surface area contributed by atoms with Crippen LogP contribution in [0.4, 0.5) is 0 Å². The summed E-state index contributed by atoms with van der Waals surface area (Å²) in [5.41, 5.74) is -0.403. The zero-order valence-corrected chi connectivity index (χ0v) is 11.6. The quantitative estimate of drug-likeness (QED) is 0.304.